The van der Waals surface area contributed by atoms with Crippen LogP contribution in [0.15, 0.2) is 91.0 Å². The first-order chi connectivity index (χ1) is 16.6. The lowest BCUT2D eigenvalue weighted by Gasteiger charge is -2.37. The molecule has 0 aliphatic carbocycles. The summed E-state index contributed by atoms with van der Waals surface area (Å²) in [6, 6.07) is 30.6. The quantitative estimate of drug-likeness (QED) is 0.371. The molecule has 34 heavy (non-hydrogen) atoms. The summed E-state index contributed by atoms with van der Waals surface area (Å²) in [6.45, 7) is 3.54. The Kier molecular flexibility index (Phi) is 6.19. The molecule has 1 heterocycles. The molecule has 0 bridgehead atoms. The number of fused-ring (bicyclic) bond motifs is 2. The number of esters is 1. The molecule has 0 saturated heterocycles. The Morgan fingerprint density at radius 3 is 2.68 bits per heavy atom. The zero-order valence-corrected chi connectivity index (χ0v) is 19.4. The summed E-state index contributed by atoms with van der Waals surface area (Å²) in [7, 11) is 1.40. The van der Waals surface area contributed by atoms with Crippen LogP contribution in [0.2, 0.25) is 0 Å². The first kappa shape index (κ1) is 22.0. The Morgan fingerprint density at radius 1 is 1.03 bits per heavy atom. The lowest BCUT2D eigenvalue weighted by molar-refractivity contribution is 0.0601. The molecule has 0 aromatic heterocycles. The van der Waals surface area contributed by atoms with Crippen LogP contribution in [0, 0.1) is 0 Å². The van der Waals surface area contributed by atoms with Gasteiger partial charge in [0, 0.05) is 18.3 Å². The number of carbonyl (C=O) groups is 1. The van der Waals surface area contributed by atoms with Crippen molar-refractivity contribution in [3.63, 3.8) is 0 Å². The minimum absolute atomic E-state index is 0.0610. The molecule has 0 spiro atoms. The smallest absolute Gasteiger partial charge is 0.337 e. The fourth-order valence-electron chi connectivity index (χ4n) is 4.61. The SMILES string of the molecule is COC(=O)c1cccc(N2CC(CN[C@H](C)c3cccc4ccccc34)Oc3ccccc32)c1. The molecule has 5 nitrogen and oxygen atoms in total. The summed E-state index contributed by atoms with van der Waals surface area (Å²) in [6.07, 6.45) is -0.0610. The highest BCUT2D eigenvalue weighted by molar-refractivity contribution is 5.91. The van der Waals surface area contributed by atoms with E-state index in [1.54, 1.807) is 6.07 Å². The molecule has 5 rings (SSSR count). The van der Waals surface area contributed by atoms with Gasteiger partial charge in [0.25, 0.3) is 0 Å². The predicted molar refractivity (Wildman–Crippen MR) is 136 cm³/mol. The number of hydrogen-bond donors (Lipinski definition) is 1. The number of rotatable bonds is 6. The Balaban J connectivity index is 1.37. The van der Waals surface area contributed by atoms with E-state index in [4.69, 9.17) is 9.47 Å². The van der Waals surface area contributed by atoms with Gasteiger partial charge in [0.1, 0.15) is 11.9 Å². The van der Waals surface area contributed by atoms with Gasteiger partial charge < -0.3 is 19.7 Å². The molecule has 0 amide bonds. The summed E-state index contributed by atoms with van der Waals surface area (Å²) < 4.78 is 11.3. The van der Waals surface area contributed by atoms with E-state index in [-0.39, 0.29) is 18.1 Å². The molecule has 1 unspecified atom stereocenters. The summed E-state index contributed by atoms with van der Waals surface area (Å²) in [4.78, 5) is 14.3. The van der Waals surface area contributed by atoms with Crippen molar-refractivity contribution in [3.8, 4) is 5.75 Å². The van der Waals surface area contributed by atoms with Crippen molar-refractivity contribution in [2.75, 3.05) is 25.1 Å². The third-order valence-corrected chi connectivity index (χ3v) is 6.36. The van der Waals surface area contributed by atoms with Crippen molar-refractivity contribution in [1.82, 2.24) is 5.32 Å². The molecule has 4 aromatic rings. The Morgan fingerprint density at radius 2 is 1.79 bits per heavy atom. The number of ether oxygens (including phenoxy) is 2. The fourth-order valence-corrected chi connectivity index (χ4v) is 4.61. The summed E-state index contributed by atoms with van der Waals surface area (Å²) >= 11 is 0. The van der Waals surface area contributed by atoms with Crippen LogP contribution in [0.3, 0.4) is 0 Å². The molecular formula is C29H28N2O3. The van der Waals surface area contributed by atoms with Gasteiger partial charge in [-0.25, -0.2) is 4.79 Å². The third-order valence-electron chi connectivity index (χ3n) is 6.36. The molecule has 4 aromatic carbocycles. The van der Waals surface area contributed by atoms with Crippen molar-refractivity contribution in [3.05, 3.63) is 102 Å². The largest absolute Gasteiger partial charge is 0.485 e. The van der Waals surface area contributed by atoms with Gasteiger partial charge in [0.15, 0.2) is 0 Å². The molecular weight excluding hydrogens is 424 g/mol. The number of carbonyl (C=O) groups excluding carboxylic acids is 1. The van der Waals surface area contributed by atoms with Crippen molar-refractivity contribution >= 4 is 28.1 Å². The maximum Gasteiger partial charge on any atom is 0.337 e. The lowest BCUT2D eigenvalue weighted by atomic mass is 9.99. The van der Waals surface area contributed by atoms with Gasteiger partial charge in [-0.1, -0.05) is 60.7 Å². The van der Waals surface area contributed by atoms with Crippen molar-refractivity contribution < 1.29 is 14.3 Å². The molecule has 2 atom stereocenters. The van der Waals surface area contributed by atoms with E-state index in [9.17, 15) is 4.79 Å². The molecule has 172 valence electrons. The minimum Gasteiger partial charge on any atom is -0.485 e. The molecule has 5 heteroatoms. The van der Waals surface area contributed by atoms with Crippen LogP contribution in [-0.4, -0.2) is 32.3 Å². The van der Waals surface area contributed by atoms with Gasteiger partial charge in [0.2, 0.25) is 0 Å². The van der Waals surface area contributed by atoms with E-state index < -0.39 is 0 Å². The lowest BCUT2D eigenvalue weighted by Crippen LogP contribution is -2.44. The Hall–Kier alpha value is -3.83. The van der Waals surface area contributed by atoms with E-state index in [1.807, 2.05) is 42.5 Å². The highest BCUT2D eigenvalue weighted by atomic mass is 16.5. The van der Waals surface area contributed by atoms with Gasteiger partial charge in [0.05, 0.1) is 24.9 Å². The topological polar surface area (TPSA) is 50.8 Å². The fraction of sp³-hybridized carbons (Fsp3) is 0.207. The number of nitrogens with zero attached hydrogens (tertiary/aromatic N) is 1. The number of hydrogen-bond acceptors (Lipinski definition) is 5. The maximum atomic E-state index is 12.1. The van der Waals surface area contributed by atoms with E-state index in [2.05, 4.69) is 59.6 Å². The standard InChI is InChI=1S/C29H28N2O3/c1-20(25-14-8-10-21-9-3-4-13-26(21)25)30-18-24-19-31(27-15-5-6-16-28(27)34-24)23-12-7-11-22(17-23)29(32)33-2/h3-17,20,24,30H,18-19H2,1-2H3/t20-,24?/m1/s1. The average molecular weight is 453 g/mol. The molecule has 0 radical (unpaired) electrons. The monoisotopic (exact) mass is 452 g/mol. The molecule has 1 aliphatic heterocycles. The van der Waals surface area contributed by atoms with Crippen molar-refractivity contribution in [1.29, 1.82) is 0 Å². The number of para-hydroxylation sites is 2. The van der Waals surface area contributed by atoms with Gasteiger partial charge in [-0.3, -0.25) is 0 Å². The van der Waals surface area contributed by atoms with Crippen LogP contribution in [0.1, 0.15) is 28.9 Å². The zero-order chi connectivity index (χ0) is 23.5. The van der Waals surface area contributed by atoms with Crippen LogP contribution in [-0.2, 0) is 4.74 Å². The van der Waals surface area contributed by atoms with Crippen LogP contribution >= 0.6 is 0 Å². The Bertz CT molecular complexity index is 1310. The highest BCUT2D eigenvalue weighted by Gasteiger charge is 2.27. The number of methoxy groups -OCH3 is 1. The molecule has 0 saturated carbocycles. The average Bonchev–Trinajstić information content (AvgIpc) is 2.90. The van der Waals surface area contributed by atoms with Crippen LogP contribution in [0.25, 0.3) is 10.8 Å². The van der Waals surface area contributed by atoms with Crippen LogP contribution in [0.4, 0.5) is 11.4 Å². The first-order valence-electron chi connectivity index (χ1n) is 11.6. The van der Waals surface area contributed by atoms with Gasteiger partial charge in [-0.15, -0.1) is 0 Å². The second-order valence-electron chi connectivity index (χ2n) is 8.56. The number of benzene rings is 4. The number of anilines is 2. The second-order valence-corrected chi connectivity index (χ2v) is 8.56. The van der Waals surface area contributed by atoms with E-state index in [1.165, 1.54) is 23.4 Å². The predicted octanol–water partition coefficient (Wildman–Crippen LogP) is 5.88. The molecule has 0 fully saturated rings. The maximum absolute atomic E-state index is 12.1. The summed E-state index contributed by atoms with van der Waals surface area (Å²) in [5.41, 5.74) is 3.73. The van der Waals surface area contributed by atoms with E-state index >= 15 is 0 Å². The van der Waals surface area contributed by atoms with Gasteiger partial charge >= 0.3 is 5.97 Å². The van der Waals surface area contributed by atoms with Gasteiger partial charge in [-0.2, -0.15) is 0 Å². The van der Waals surface area contributed by atoms with Gasteiger partial charge in [-0.05, 0) is 53.6 Å². The minimum atomic E-state index is -0.342. The summed E-state index contributed by atoms with van der Waals surface area (Å²) in [5, 5.41) is 6.19. The molecule has 1 aliphatic rings. The highest BCUT2D eigenvalue weighted by Crippen LogP contribution is 2.38. The third kappa shape index (κ3) is 4.35. The second kappa shape index (κ2) is 9.57. The molecule has 1 N–H and O–H groups in total. The summed E-state index contributed by atoms with van der Waals surface area (Å²) in [5.74, 6) is 0.493. The van der Waals surface area contributed by atoms with Crippen LogP contribution in [0.5, 0.6) is 5.75 Å². The first-order valence-corrected chi connectivity index (χ1v) is 11.6. The normalized spacial score (nSPS) is 15.9. The number of nitrogens with one attached hydrogen (secondary N) is 1. The van der Waals surface area contributed by atoms with Crippen molar-refractivity contribution in [2.24, 2.45) is 0 Å². The Labute approximate surface area is 199 Å². The van der Waals surface area contributed by atoms with Crippen molar-refractivity contribution in [2.45, 2.75) is 19.1 Å². The van der Waals surface area contributed by atoms with Crippen LogP contribution < -0.4 is 15.0 Å². The van der Waals surface area contributed by atoms with E-state index in [0.717, 1.165) is 17.1 Å². The zero-order valence-electron chi connectivity index (χ0n) is 19.4. The van der Waals surface area contributed by atoms with E-state index in [0.29, 0.717) is 18.7 Å².